The fraction of sp³-hybridized carbons (Fsp3) is 0.417. The molecule has 1 aromatic carbocycles. The maximum absolute atomic E-state index is 11.5. The first-order valence-corrected chi connectivity index (χ1v) is 5.46. The summed E-state index contributed by atoms with van der Waals surface area (Å²) in [6.45, 7) is 0.601. The normalized spacial score (nSPS) is 10.1. The predicted octanol–water partition coefficient (Wildman–Crippen LogP) is 1.25. The Hall–Kier alpha value is -1.39. The molecule has 1 amide bonds. The van der Waals surface area contributed by atoms with E-state index in [1.807, 2.05) is 6.07 Å². The van der Waals surface area contributed by atoms with Crippen molar-refractivity contribution in [1.82, 2.24) is 0 Å². The van der Waals surface area contributed by atoms with Crippen LogP contribution in [0.15, 0.2) is 24.3 Å². The summed E-state index contributed by atoms with van der Waals surface area (Å²) in [4.78, 5) is 11.5. The van der Waals surface area contributed by atoms with Gasteiger partial charge in [-0.05, 0) is 37.1 Å². The minimum absolute atomic E-state index is 0.0106. The summed E-state index contributed by atoms with van der Waals surface area (Å²) in [5, 5.41) is 11.7. The number of aliphatic hydroxyl groups is 1. The van der Waals surface area contributed by atoms with Crippen LogP contribution in [0.5, 0.6) is 0 Å². The van der Waals surface area contributed by atoms with Gasteiger partial charge in [0.2, 0.25) is 5.91 Å². The van der Waals surface area contributed by atoms with Gasteiger partial charge in [-0.3, -0.25) is 4.79 Å². The van der Waals surface area contributed by atoms with Crippen molar-refractivity contribution < 1.29 is 9.90 Å². The standard InChI is InChI=1S/C12H18N2O2/c13-7-2-1-6-12(16)14-11-5-3-4-10(8-11)9-15/h3-5,8,15H,1-2,6-7,9,13H2,(H,14,16). The summed E-state index contributed by atoms with van der Waals surface area (Å²) in [5.74, 6) is -0.0106. The van der Waals surface area contributed by atoms with Crippen LogP contribution in [0.3, 0.4) is 0 Å². The highest BCUT2D eigenvalue weighted by Crippen LogP contribution is 2.11. The number of amides is 1. The van der Waals surface area contributed by atoms with E-state index in [4.69, 9.17) is 10.8 Å². The molecule has 0 spiro atoms. The fourth-order valence-electron chi connectivity index (χ4n) is 1.40. The quantitative estimate of drug-likeness (QED) is 0.634. The summed E-state index contributed by atoms with van der Waals surface area (Å²) in [7, 11) is 0. The van der Waals surface area contributed by atoms with Crippen molar-refractivity contribution in [1.29, 1.82) is 0 Å². The lowest BCUT2D eigenvalue weighted by atomic mass is 10.2. The lowest BCUT2D eigenvalue weighted by Crippen LogP contribution is -2.12. The molecule has 0 aromatic heterocycles. The Kier molecular flexibility index (Phi) is 5.53. The van der Waals surface area contributed by atoms with Crippen LogP contribution in [-0.2, 0) is 11.4 Å². The number of nitrogens with one attached hydrogen (secondary N) is 1. The fourth-order valence-corrected chi connectivity index (χ4v) is 1.40. The third-order valence-electron chi connectivity index (χ3n) is 2.25. The second kappa shape index (κ2) is 6.98. The van der Waals surface area contributed by atoms with Crippen molar-refractivity contribution in [2.24, 2.45) is 5.73 Å². The number of benzene rings is 1. The van der Waals surface area contributed by atoms with Gasteiger partial charge in [0.15, 0.2) is 0 Å². The van der Waals surface area contributed by atoms with E-state index in [2.05, 4.69) is 5.32 Å². The topological polar surface area (TPSA) is 75.4 Å². The Morgan fingerprint density at radius 1 is 1.38 bits per heavy atom. The zero-order valence-corrected chi connectivity index (χ0v) is 9.28. The van der Waals surface area contributed by atoms with Gasteiger partial charge in [0, 0.05) is 12.1 Å². The van der Waals surface area contributed by atoms with Crippen molar-refractivity contribution in [2.75, 3.05) is 11.9 Å². The van der Waals surface area contributed by atoms with E-state index in [1.165, 1.54) is 0 Å². The number of carbonyl (C=O) groups excluding carboxylic acids is 1. The molecule has 0 fully saturated rings. The van der Waals surface area contributed by atoms with Crippen LogP contribution in [-0.4, -0.2) is 17.6 Å². The molecule has 1 aromatic rings. The molecule has 0 aliphatic heterocycles. The average molecular weight is 222 g/mol. The van der Waals surface area contributed by atoms with Crippen LogP contribution in [0.2, 0.25) is 0 Å². The van der Waals surface area contributed by atoms with E-state index in [1.54, 1.807) is 18.2 Å². The molecule has 88 valence electrons. The van der Waals surface area contributed by atoms with E-state index in [0.717, 1.165) is 24.1 Å². The molecule has 0 atom stereocenters. The number of hydrogen-bond donors (Lipinski definition) is 3. The first kappa shape index (κ1) is 12.7. The van der Waals surface area contributed by atoms with Gasteiger partial charge in [-0.15, -0.1) is 0 Å². The molecule has 0 saturated heterocycles. The van der Waals surface area contributed by atoms with Gasteiger partial charge in [-0.2, -0.15) is 0 Å². The van der Waals surface area contributed by atoms with E-state index in [-0.39, 0.29) is 12.5 Å². The monoisotopic (exact) mass is 222 g/mol. The second-order valence-corrected chi connectivity index (χ2v) is 3.65. The smallest absolute Gasteiger partial charge is 0.224 e. The number of unbranched alkanes of at least 4 members (excludes halogenated alkanes) is 1. The Morgan fingerprint density at radius 2 is 2.19 bits per heavy atom. The Labute approximate surface area is 95.5 Å². The molecule has 0 unspecified atom stereocenters. The maximum Gasteiger partial charge on any atom is 0.224 e. The minimum Gasteiger partial charge on any atom is -0.392 e. The van der Waals surface area contributed by atoms with Crippen molar-refractivity contribution in [3.63, 3.8) is 0 Å². The second-order valence-electron chi connectivity index (χ2n) is 3.65. The highest BCUT2D eigenvalue weighted by Gasteiger charge is 2.02. The van der Waals surface area contributed by atoms with Gasteiger partial charge in [0.25, 0.3) is 0 Å². The first-order chi connectivity index (χ1) is 7.76. The summed E-state index contributed by atoms with van der Waals surface area (Å²) in [6, 6.07) is 7.19. The van der Waals surface area contributed by atoms with Gasteiger partial charge in [0.1, 0.15) is 0 Å². The number of nitrogens with two attached hydrogens (primary N) is 1. The molecule has 16 heavy (non-hydrogen) atoms. The van der Waals surface area contributed by atoms with Crippen molar-refractivity contribution >= 4 is 11.6 Å². The zero-order chi connectivity index (χ0) is 11.8. The summed E-state index contributed by atoms with van der Waals surface area (Å²) in [6.07, 6.45) is 2.16. The summed E-state index contributed by atoms with van der Waals surface area (Å²) < 4.78 is 0. The lowest BCUT2D eigenvalue weighted by Gasteiger charge is -2.06. The number of rotatable bonds is 6. The first-order valence-electron chi connectivity index (χ1n) is 5.46. The van der Waals surface area contributed by atoms with E-state index in [9.17, 15) is 4.79 Å². The highest BCUT2D eigenvalue weighted by atomic mass is 16.3. The van der Waals surface area contributed by atoms with Crippen molar-refractivity contribution in [3.8, 4) is 0 Å². The summed E-state index contributed by atoms with van der Waals surface area (Å²) in [5.41, 5.74) is 6.86. The molecule has 4 N–H and O–H groups in total. The van der Waals surface area contributed by atoms with Gasteiger partial charge in [-0.1, -0.05) is 12.1 Å². The van der Waals surface area contributed by atoms with Gasteiger partial charge in [0.05, 0.1) is 6.61 Å². The predicted molar refractivity (Wildman–Crippen MR) is 63.9 cm³/mol. The molecule has 0 heterocycles. The molecule has 0 aliphatic carbocycles. The largest absolute Gasteiger partial charge is 0.392 e. The zero-order valence-electron chi connectivity index (χ0n) is 9.28. The number of aliphatic hydroxyl groups excluding tert-OH is 1. The van der Waals surface area contributed by atoms with Gasteiger partial charge >= 0.3 is 0 Å². The number of hydrogen-bond acceptors (Lipinski definition) is 3. The molecular formula is C12H18N2O2. The molecule has 0 saturated carbocycles. The van der Waals surface area contributed by atoms with Crippen molar-refractivity contribution in [3.05, 3.63) is 29.8 Å². The van der Waals surface area contributed by atoms with E-state index < -0.39 is 0 Å². The minimum atomic E-state index is -0.0170. The van der Waals surface area contributed by atoms with Crippen molar-refractivity contribution in [2.45, 2.75) is 25.9 Å². The number of carbonyl (C=O) groups is 1. The van der Waals surface area contributed by atoms with Gasteiger partial charge < -0.3 is 16.2 Å². The molecule has 4 nitrogen and oxygen atoms in total. The van der Waals surface area contributed by atoms with Gasteiger partial charge in [-0.25, -0.2) is 0 Å². The molecule has 1 rings (SSSR count). The van der Waals surface area contributed by atoms with E-state index in [0.29, 0.717) is 13.0 Å². The van der Waals surface area contributed by atoms with E-state index >= 15 is 0 Å². The molecular weight excluding hydrogens is 204 g/mol. The third-order valence-corrected chi connectivity index (χ3v) is 2.25. The lowest BCUT2D eigenvalue weighted by molar-refractivity contribution is -0.116. The van der Waals surface area contributed by atoms with Crippen LogP contribution < -0.4 is 11.1 Å². The van der Waals surface area contributed by atoms with Crippen LogP contribution in [0.4, 0.5) is 5.69 Å². The Bertz CT molecular complexity index is 340. The van der Waals surface area contributed by atoms with Crippen LogP contribution >= 0.6 is 0 Å². The average Bonchev–Trinajstić information content (AvgIpc) is 2.29. The molecule has 0 bridgehead atoms. The maximum atomic E-state index is 11.5. The molecule has 0 radical (unpaired) electrons. The SMILES string of the molecule is NCCCCC(=O)Nc1cccc(CO)c1. The summed E-state index contributed by atoms with van der Waals surface area (Å²) >= 11 is 0. The highest BCUT2D eigenvalue weighted by molar-refractivity contribution is 5.90. The number of anilines is 1. The van der Waals surface area contributed by atoms with Crippen LogP contribution in [0.1, 0.15) is 24.8 Å². The van der Waals surface area contributed by atoms with Crippen LogP contribution in [0, 0.1) is 0 Å². The molecule has 0 aliphatic rings. The Morgan fingerprint density at radius 3 is 2.88 bits per heavy atom. The third kappa shape index (κ3) is 4.42. The Balaban J connectivity index is 2.43. The van der Waals surface area contributed by atoms with Crippen LogP contribution in [0.25, 0.3) is 0 Å². The molecule has 4 heteroatoms.